The predicted molar refractivity (Wildman–Crippen MR) is 61.5 cm³/mol. The number of nitrogens with zero attached hydrogens (tertiary/aromatic N) is 1. The standard InChI is InChI=1S/C11H12ClF3N2/c1-16-5-8-6-17(8)7-2-3-10(12)9(4-7)11(13,14)15/h2-4,8,16H,5-6H2,1H3. The highest BCUT2D eigenvalue weighted by atomic mass is 35.5. The van der Waals surface area contributed by atoms with Crippen LogP contribution in [-0.4, -0.2) is 26.2 Å². The molecule has 2 rings (SSSR count). The molecule has 1 aromatic carbocycles. The molecule has 94 valence electrons. The molecule has 0 radical (unpaired) electrons. The number of likely N-dealkylation sites (N-methyl/N-ethyl adjacent to an activating group) is 1. The maximum atomic E-state index is 12.6. The lowest BCUT2D eigenvalue weighted by Crippen LogP contribution is -2.17. The minimum atomic E-state index is -4.40. The van der Waals surface area contributed by atoms with Gasteiger partial charge in [0.2, 0.25) is 0 Å². The second-order valence-electron chi connectivity index (χ2n) is 4.03. The van der Waals surface area contributed by atoms with Crippen molar-refractivity contribution in [2.24, 2.45) is 0 Å². The average molecular weight is 265 g/mol. The largest absolute Gasteiger partial charge is 0.417 e. The lowest BCUT2D eigenvalue weighted by molar-refractivity contribution is -0.137. The average Bonchev–Trinajstić information content (AvgIpc) is 2.97. The molecule has 2 nitrogen and oxygen atoms in total. The van der Waals surface area contributed by atoms with Crippen LogP contribution in [0.15, 0.2) is 18.2 Å². The molecule has 17 heavy (non-hydrogen) atoms. The summed E-state index contributed by atoms with van der Waals surface area (Å²) in [7, 11) is 1.82. The van der Waals surface area contributed by atoms with Crippen LogP contribution in [0.2, 0.25) is 5.02 Å². The van der Waals surface area contributed by atoms with Gasteiger partial charge in [-0.25, -0.2) is 0 Å². The van der Waals surface area contributed by atoms with Crippen molar-refractivity contribution in [3.63, 3.8) is 0 Å². The van der Waals surface area contributed by atoms with Crippen molar-refractivity contribution in [3.05, 3.63) is 28.8 Å². The Hall–Kier alpha value is -0.940. The highest BCUT2D eigenvalue weighted by Gasteiger charge is 2.37. The third-order valence-corrected chi connectivity index (χ3v) is 3.07. The molecule has 1 fully saturated rings. The van der Waals surface area contributed by atoms with Crippen LogP contribution in [-0.2, 0) is 6.18 Å². The highest BCUT2D eigenvalue weighted by Crippen LogP contribution is 2.38. The number of hydrogen-bond acceptors (Lipinski definition) is 2. The topological polar surface area (TPSA) is 15.0 Å². The van der Waals surface area contributed by atoms with Crippen molar-refractivity contribution < 1.29 is 13.2 Å². The first-order valence-corrected chi connectivity index (χ1v) is 5.59. The number of anilines is 1. The van der Waals surface area contributed by atoms with Crippen molar-refractivity contribution in [2.45, 2.75) is 12.2 Å². The van der Waals surface area contributed by atoms with E-state index in [0.717, 1.165) is 19.2 Å². The van der Waals surface area contributed by atoms with E-state index < -0.39 is 11.7 Å². The maximum Gasteiger partial charge on any atom is 0.417 e. The van der Waals surface area contributed by atoms with Crippen LogP contribution in [0.5, 0.6) is 0 Å². The molecule has 0 aromatic heterocycles. The van der Waals surface area contributed by atoms with Gasteiger partial charge < -0.3 is 10.2 Å². The molecule has 0 bridgehead atoms. The number of rotatable bonds is 3. The minimum absolute atomic E-state index is 0.256. The molecule has 1 saturated heterocycles. The second-order valence-corrected chi connectivity index (χ2v) is 4.43. The minimum Gasteiger partial charge on any atom is -0.363 e. The number of benzene rings is 1. The summed E-state index contributed by atoms with van der Waals surface area (Å²) < 4.78 is 37.9. The van der Waals surface area contributed by atoms with Crippen LogP contribution < -0.4 is 10.2 Å². The van der Waals surface area contributed by atoms with E-state index in [9.17, 15) is 13.2 Å². The molecule has 0 spiro atoms. The Morgan fingerprint density at radius 3 is 2.76 bits per heavy atom. The van der Waals surface area contributed by atoms with Gasteiger partial charge in [-0.15, -0.1) is 0 Å². The summed E-state index contributed by atoms with van der Waals surface area (Å²) in [5.74, 6) is 0. The third kappa shape index (κ3) is 2.66. The lowest BCUT2D eigenvalue weighted by atomic mass is 10.2. The quantitative estimate of drug-likeness (QED) is 0.845. The van der Waals surface area contributed by atoms with Gasteiger partial charge in [0.15, 0.2) is 0 Å². The van der Waals surface area contributed by atoms with Gasteiger partial charge in [-0.05, 0) is 25.2 Å². The first kappa shape index (κ1) is 12.5. The van der Waals surface area contributed by atoms with Crippen LogP contribution in [0.1, 0.15) is 5.56 Å². The molecular formula is C11H12ClF3N2. The zero-order valence-corrected chi connectivity index (χ0v) is 9.94. The van der Waals surface area contributed by atoms with E-state index in [1.54, 1.807) is 6.07 Å². The van der Waals surface area contributed by atoms with Crippen LogP contribution in [0, 0.1) is 0 Å². The summed E-state index contributed by atoms with van der Waals surface area (Å²) in [5, 5.41) is 2.74. The monoisotopic (exact) mass is 264 g/mol. The van der Waals surface area contributed by atoms with E-state index in [2.05, 4.69) is 5.32 Å². The predicted octanol–water partition coefficient (Wildman–Crippen LogP) is 2.77. The fourth-order valence-electron chi connectivity index (χ4n) is 1.82. The number of hydrogen-bond donors (Lipinski definition) is 1. The lowest BCUT2D eigenvalue weighted by Gasteiger charge is -2.12. The van der Waals surface area contributed by atoms with E-state index in [1.165, 1.54) is 6.07 Å². The molecule has 1 atom stereocenters. The summed E-state index contributed by atoms with van der Waals surface area (Å²) in [6.07, 6.45) is -4.40. The van der Waals surface area contributed by atoms with Crippen molar-refractivity contribution in [1.82, 2.24) is 5.32 Å². The van der Waals surface area contributed by atoms with Crippen molar-refractivity contribution in [1.29, 1.82) is 0 Å². The smallest absolute Gasteiger partial charge is 0.363 e. The maximum absolute atomic E-state index is 12.6. The van der Waals surface area contributed by atoms with Crippen LogP contribution in [0.4, 0.5) is 18.9 Å². The van der Waals surface area contributed by atoms with E-state index in [-0.39, 0.29) is 11.1 Å². The molecule has 1 unspecified atom stereocenters. The second kappa shape index (κ2) is 4.38. The van der Waals surface area contributed by atoms with Gasteiger partial charge in [0.1, 0.15) is 0 Å². The van der Waals surface area contributed by atoms with Gasteiger partial charge in [-0.3, -0.25) is 0 Å². The Morgan fingerprint density at radius 2 is 2.18 bits per heavy atom. The summed E-state index contributed by atoms with van der Waals surface area (Å²) in [6, 6.07) is 4.31. The van der Waals surface area contributed by atoms with Gasteiger partial charge >= 0.3 is 6.18 Å². The fourth-order valence-corrected chi connectivity index (χ4v) is 2.04. The molecule has 1 aromatic rings. The number of alkyl halides is 3. The van der Waals surface area contributed by atoms with E-state index >= 15 is 0 Å². The van der Waals surface area contributed by atoms with Gasteiger partial charge in [0.25, 0.3) is 0 Å². The molecule has 1 N–H and O–H groups in total. The Morgan fingerprint density at radius 1 is 1.47 bits per heavy atom. The van der Waals surface area contributed by atoms with E-state index in [0.29, 0.717) is 5.69 Å². The molecule has 0 saturated carbocycles. The first-order valence-electron chi connectivity index (χ1n) is 5.21. The fraction of sp³-hybridized carbons (Fsp3) is 0.455. The third-order valence-electron chi connectivity index (χ3n) is 2.74. The molecule has 1 aliphatic rings. The Labute approximate surface area is 102 Å². The molecule has 0 amide bonds. The van der Waals surface area contributed by atoms with Crippen molar-refractivity contribution >= 4 is 17.3 Å². The van der Waals surface area contributed by atoms with Gasteiger partial charge in [-0.2, -0.15) is 13.2 Å². The van der Waals surface area contributed by atoms with E-state index in [4.69, 9.17) is 11.6 Å². The molecule has 0 aliphatic carbocycles. The van der Waals surface area contributed by atoms with Crippen LogP contribution in [0.25, 0.3) is 0 Å². The Balaban J connectivity index is 2.21. The zero-order valence-electron chi connectivity index (χ0n) is 9.18. The molecular weight excluding hydrogens is 253 g/mol. The SMILES string of the molecule is CNCC1CN1c1ccc(Cl)c(C(F)(F)F)c1. The van der Waals surface area contributed by atoms with Crippen LogP contribution >= 0.6 is 11.6 Å². The van der Waals surface area contributed by atoms with Crippen molar-refractivity contribution in [3.8, 4) is 0 Å². The summed E-state index contributed by atoms with van der Waals surface area (Å²) >= 11 is 5.55. The van der Waals surface area contributed by atoms with Gasteiger partial charge in [0, 0.05) is 18.8 Å². The normalized spacial score (nSPS) is 19.6. The van der Waals surface area contributed by atoms with Crippen molar-refractivity contribution in [2.75, 3.05) is 25.0 Å². The Kier molecular flexibility index (Phi) is 3.23. The Bertz CT molecular complexity index is 420. The first-order chi connectivity index (χ1) is 7.93. The highest BCUT2D eigenvalue weighted by molar-refractivity contribution is 6.31. The van der Waals surface area contributed by atoms with E-state index in [1.807, 2.05) is 11.9 Å². The number of nitrogens with one attached hydrogen (secondary N) is 1. The van der Waals surface area contributed by atoms with Gasteiger partial charge in [0.05, 0.1) is 16.6 Å². The zero-order chi connectivity index (χ0) is 12.6. The summed E-state index contributed by atoms with van der Waals surface area (Å²) in [4.78, 5) is 1.90. The summed E-state index contributed by atoms with van der Waals surface area (Å²) in [5.41, 5.74) is -0.200. The number of halogens is 4. The van der Waals surface area contributed by atoms with Gasteiger partial charge in [-0.1, -0.05) is 11.6 Å². The molecule has 1 heterocycles. The van der Waals surface area contributed by atoms with Crippen LogP contribution in [0.3, 0.4) is 0 Å². The molecule has 1 aliphatic heterocycles. The molecule has 6 heteroatoms. The summed E-state index contributed by atoms with van der Waals surface area (Å²) in [6.45, 7) is 1.55.